The number of pyridine rings is 1. The van der Waals surface area contributed by atoms with Crippen LogP contribution < -0.4 is 9.47 Å². The summed E-state index contributed by atoms with van der Waals surface area (Å²) in [7, 11) is 1.50. The lowest BCUT2D eigenvalue weighted by Gasteiger charge is -2.11. The highest BCUT2D eigenvalue weighted by molar-refractivity contribution is 9.10. The van der Waals surface area contributed by atoms with E-state index in [1.54, 1.807) is 18.5 Å². The first-order valence-corrected chi connectivity index (χ1v) is 6.53. The summed E-state index contributed by atoms with van der Waals surface area (Å²) in [4.78, 5) is 15.0. The molecular formula is C14H12BrNO4. The van der Waals surface area contributed by atoms with E-state index < -0.39 is 5.97 Å². The van der Waals surface area contributed by atoms with Gasteiger partial charge in [-0.05, 0) is 40.2 Å². The molecule has 0 saturated carbocycles. The molecule has 5 nitrogen and oxygen atoms in total. The van der Waals surface area contributed by atoms with Crippen LogP contribution in [0.3, 0.4) is 0 Å². The van der Waals surface area contributed by atoms with Crippen molar-refractivity contribution in [2.75, 3.05) is 7.11 Å². The number of halogens is 1. The Bertz CT molecular complexity index is 630. The Balaban J connectivity index is 2.19. The Hall–Kier alpha value is -2.08. The number of nitrogens with zero attached hydrogens (tertiary/aromatic N) is 1. The minimum absolute atomic E-state index is 0.146. The Labute approximate surface area is 124 Å². The fourth-order valence-electron chi connectivity index (χ4n) is 1.62. The summed E-state index contributed by atoms with van der Waals surface area (Å²) < 4.78 is 11.6. The topological polar surface area (TPSA) is 68.7 Å². The van der Waals surface area contributed by atoms with Crippen LogP contribution in [-0.4, -0.2) is 23.2 Å². The zero-order valence-corrected chi connectivity index (χ0v) is 12.3. The SMILES string of the molecule is COc1ccc(C(=O)O)cc1OCc1cncc(Br)c1. The second-order valence-electron chi connectivity index (χ2n) is 3.97. The highest BCUT2D eigenvalue weighted by atomic mass is 79.9. The van der Waals surface area contributed by atoms with Crippen molar-refractivity contribution in [3.63, 3.8) is 0 Å². The lowest BCUT2D eigenvalue weighted by Crippen LogP contribution is -2.01. The highest BCUT2D eigenvalue weighted by Gasteiger charge is 2.10. The van der Waals surface area contributed by atoms with Crippen molar-refractivity contribution in [3.05, 3.63) is 52.3 Å². The zero-order valence-electron chi connectivity index (χ0n) is 10.7. The number of benzene rings is 1. The van der Waals surface area contributed by atoms with Gasteiger partial charge in [0.2, 0.25) is 0 Å². The van der Waals surface area contributed by atoms with Crippen LogP contribution in [0.15, 0.2) is 41.1 Å². The Morgan fingerprint density at radius 2 is 2.10 bits per heavy atom. The molecule has 1 aromatic carbocycles. The normalized spacial score (nSPS) is 10.1. The molecule has 0 unspecified atom stereocenters. The van der Waals surface area contributed by atoms with Gasteiger partial charge in [-0.2, -0.15) is 0 Å². The molecule has 104 valence electrons. The Morgan fingerprint density at radius 1 is 1.30 bits per heavy atom. The lowest BCUT2D eigenvalue weighted by molar-refractivity contribution is 0.0696. The third-order valence-corrected chi connectivity index (χ3v) is 3.00. The summed E-state index contributed by atoms with van der Waals surface area (Å²) in [5, 5.41) is 8.98. The van der Waals surface area contributed by atoms with E-state index in [9.17, 15) is 4.79 Å². The first-order chi connectivity index (χ1) is 9.60. The summed E-state index contributed by atoms with van der Waals surface area (Å²) >= 11 is 3.33. The van der Waals surface area contributed by atoms with Crippen LogP contribution in [0, 0.1) is 0 Å². The molecule has 2 aromatic rings. The van der Waals surface area contributed by atoms with Gasteiger partial charge in [0.15, 0.2) is 11.5 Å². The van der Waals surface area contributed by atoms with E-state index in [2.05, 4.69) is 20.9 Å². The molecule has 0 aliphatic heterocycles. The van der Waals surface area contributed by atoms with Crippen molar-refractivity contribution in [2.24, 2.45) is 0 Å². The van der Waals surface area contributed by atoms with E-state index in [4.69, 9.17) is 14.6 Å². The van der Waals surface area contributed by atoms with Gasteiger partial charge in [-0.15, -0.1) is 0 Å². The van der Waals surface area contributed by atoms with Crippen LogP contribution in [0.25, 0.3) is 0 Å². The quantitative estimate of drug-likeness (QED) is 0.907. The molecular weight excluding hydrogens is 326 g/mol. The van der Waals surface area contributed by atoms with Crippen molar-refractivity contribution in [3.8, 4) is 11.5 Å². The van der Waals surface area contributed by atoms with Crippen LogP contribution in [0.1, 0.15) is 15.9 Å². The molecule has 0 bridgehead atoms. The van der Waals surface area contributed by atoms with Crippen molar-refractivity contribution in [1.82, 2.24) is 4.98 Å². The monoisotopic (exact) mass is 337 g/mol. The molecule has 0 amide bonds. The van der Waals surface area contributed by atoms with Crippen molar-refractivity contribution in [1.29, 1.82) is 0 Å². The van der Waals surface area contributed by atoms with Gasteiger partial charge in [-0.3, -0.25) is 4.98 Å². The summed E-state index contributed by atoms with van der Waals surface area (Å²) in [6.45, 7) is 0.270. The van der Waals surface area contributed by atoms with E-state index in [0.29, 0.717) is 11.5 Å². The second-order valence-corrected chi connectivity index (χ2v) is 4.89. The van der Waals surface area contributed by atoms with E-state index >= 15 is 0 Å². The molecule has 1 heterocycles. The predicted molar refractivity (Wildman–Crippen MR) is 76.2 cm³/mol. The van der Waals surface area contributed by atoms with Gasteiger partial charge < -0.3 is 14.6 Å². The number of ether oxygens (including phenoxy) is 2. The van der Waals surface area contributed by atoms with E-state index in [1.807, 2.05) is 6.07 Å². The summed E-state index contributed by atoms with van der Waals surface area (Å²) in [6, 6.07) is 6.35. The van der Waals surface area contributed by atoms with Crippen molar-refractivity contribution < 1.29 is 19.4 Å². The van der Waals surface area contributed by atoms with E-state index in [1.165, 1.54) is 19.2 Å². The molecule has 6 heteroatoms. The number of carboxylic acid groups (broad SMARTS) is 1. The van der Waals surface area contributed by atoms with Crippen molar-refractivity contribution >= 4 is 21.9 Å². The fraction of sp³-hybridized carbons (Fsp3) is 0.143. The van der Waals surface area contributed by atoms with Gasteiger partial charge in [0.25, 0.3) is 0 Å². The Morgan fingerprint density at radius 3 is 2.75 bits per heavy atom. The minimum atomic E-state index is -1.01. The molecule has 2 rings (SSSR count). The number of aromatic nitrogens is 1. The van der Waals surface area contributed by atoms with Gasteiger partial charge in [-0.1, -0.05) is 0 Å². The van der Waals surface area contributed by atoms with E-state index in [0.717, 1.165) is 10.0 Å². The first kappa shape index (κ1) is 14.3. The highest BCUT2D eigenvalue weighted by Crippen LogP contribution is 2.29. The second kappa shape index (κ2) is 6.38. The van der Waals surface area contributed by atoms with Crippen LogP contribution in [0.2, 0.25) is 0 Å². The van der Waals surface area contributed by atoms with Gasteiger partial charge in [0.05, 0.1) is 12.7 Å². The molecule has 0 aliphatic carbocycles. The van der Waals surface area contributed by atoms with Gasteiger partial charge in [-0.25, -0.2) is 4.79 Å². The Kier molecular flexibility index (Phi) is 4.57. The van der Waals surface area contributed by atoms with Crippen molar-refractivity contribution in [2.45, 2.75) is 6.61 Å². The van der Waals surface area contributed by atoms with Crippen LogP contribution >= 0.6 is 15.9 Å². The maximum atomic E-state index is 11.0. The standard InChI is InChI=1S/C14H12BrNO4/c1-19-12-3-2-10(14(17)18)5-13(12)20-8-9-4-11(15)7-16-6-9/h2-7H,8H2,1H3,(H,17,18). The first-order valence-electron chi connectivity index (χ1n) is 5.73. The van der Waals surface area contributed by atoms with Crippen LogP contribution in [0.4, 0.5) is 0 Å². The van der Waals surface area contributed by atoms with Gasteiger partial charge in [0, 0.05) is 22.4 Å². The smallest absolute Gasteiger partial charge is 0.335 e. The van der Waals surface area contributed by atoms with Crippen LogP contribution in [0.5, 0.6) is 11.5 Å². The molecule has 20 heavy (non-hydrogen) atoms. The molecule has 0 fully saturated rings. The zero-order chi connectivity index (χ0) is 14.5. The molecule has 1 N–H and O–H groups in total. The largest absolute Gasteiger partial charge is 0.493 e. The number of carbonyl (C=O) groups is 1. The molecule has 0 radical (unpaired) electrons. The molecule has 1 aromatic heterocycles. The molecule has 0 aliphatic rings. The fourth-order valence-corrected chi connectivity index (χ4v) is 2.03. The molecule has 0 saturated heterocycles. The average Bonchev–Trinajstić information content (AvgIpc) is 2.44. The summed E-state index contributed by atoms with van der Waals surface area (Å²) in [5.74, 6) is -0.146. The number of rotatable bonds is 5. The maximum absolute atomic E-state index is 11.0. The van der Waals surface area contributed by atoms with E-state index in [-0.39, 0.29) is 12.2 Å². The number of hydrogen-bond donors (Lipinski definition) is 1. The lowest BCUT2D eigenvalue weighted by atomic mass is 10.2. The van der Waals surface area contributed by atoms with Crippen LogP contribution in [-0.2, 0) is 6.61 Å². The van der Waals surface area contributed by atoms with Gasteiger partial charge in [0.1, 0.15) is 6.61 Å². The third kappa shape index (κ3) is 3.48. The maximum Gasteiger partial charge on any atom is 0.335 e. The molecule has 0 spiro atoms. The average molecular weight is 338 g/mol. The number of methoxy groups -OCH3 is 1. The number of hydrogen-bond acceptors (Lipinski definition) is 4. The molecule has 0 atom stereocenters. The third-order valence-electron chi connectivity index (χ3n) is 2.57. The van der Waals surface area contributed by atoms with Gasteiger partial charge >= 0.3 is 5.97 Å². The summed E-state index contributed by atoms with van der Waals surface area (Å²) in [6.07, 6.45) is 3.35. The number of aromatic carboxylic acids is 1. The summed E-state index contributed by atoms with van der Waals surface area (Å²) in [5.41, 5.74) is 1.01. The number of carboxylic acids is 1. The minimum Gasteiger partial charge on any atom is -0.493 e. The predicted octanol–water partition coefficient (Wildman–Crippen LogP) is 3.13.